The number of aliphatic imine (C=N–C) groups is 1. The number of carbonyl (C=O) groups is 1. The maximum absolute atomic E-state index is 11.4. The summed E-state index contributed by atoms with van der Waals surface area (Å²) in [7, 11) is 0. The molecule has 0 aliphatic carbocycles. The summed E-state index contributed by atoms with van der Waals surface area (Å²) in [6.07, 6.45) is 5.77. The van der Waals surface area contributed by atoms with Gasteiger partial charge in [0.15, 0.2) is 5.65 Å². The number of hydrogen-bond donors (Lipinski definition) is 1. The lowest BCUT2D eigenvalue weighted by molar-refractivity contribution is -0.117. The highest BCUT2D eigenvalue weighted by molar-refractivity contribution is 9.10. The van der Waals surface area contributed by atoms with Gasteiger partial charge in [-0.2, -0.15) is 9.61 Å². The van der Waals surface area contributed by atoms with Crippen molar-refractivity contribution in [1.29, 1.82) is 0 Å². The van der Waals surface area contributed by atoms with E-state index in [-0.39, 0.29) is 5.91 Å². The Morgan fingerprint density at radius 1 is 1.24 bits per heavy atom. The molecule has 1 aliphatic heterocycles. The Labute approximate surface area is 152 Å². The molecule has 124 valence electrons. The lowest BCUT2D eigenvalue weighted by Crippen LogP contribution is -2.18. The van der Waals surface area contributed by atoms with Crippen LogP contribution in [0.5, 0.6) is 0 Å². The van der Waals surface area contributed by atoms with Gasteiger partial charge < -0.3 is 5.32 Å². The third-order valence-corrected chi connectivity index (χ3v) is 4.38. The van der Waals surface area contributed by atoms with Crippen LogP contribution in [-0.4, -0.2) is 32.8 Å². The Morgan fingerprint density at radius 2 is 2.08 bits per heavy atom. The Hall–Kier alpha value is -2.80. The second-order valence-electron chi connectivity index (χ2n) is 5.58. The van der Waals surface area contributed by atoms with Gasteiger partial charge in [-0.15, -0.1) is 0 Å². The summed E-state index contributed by atoms with van der Waals surface area (Å²) < 4.78 is 2.55. The molecule has 2 aromatic heterocycles. The molecule has 1 amide bonds. The number of nitrogens with one attached hydrogen (secondary N) is 1. The highest BCUT2D eigenvalue weighted by atomic mass is 79.9. The molecule has 0 unspecified atom stereocenters. The van der Waals surface area contributed by atoms with Gasteiger partial charge in [0.2, 0.25) is 5.91 Å². The first-order valence-corrected chi connectivity index (χ1v) is 8.60. The SMILES string of the molecule is O=C1CC=CC(CNc2cc(-c3ccccc3)nc3c(Br)cnn23)=N1. The summed E-state index contributed by atoms with van der Waals surface area (Å²) in [5, 5.41) is 7.66. The first-order valence-electron chi connectivity index (χ1n) is 7.81. The van der Waals surface area contributed by atoms with E-state index in [1.807, 2.05) is 48.6 Å². The Morgan fingerprint density at radius 3 is 2.88 bits per heavy atom. The minimum atomic E-state index is -0.119. The van der Waals surface area contributed by atoms with E-state index in [0.717, 1.165) is 27.2 Å². The standard InChI is InChI=1S/C18H14BrN5O/c19-14-11-21-24-16(20-10-13-7-4-8-17(25)22-13)9-15(23-18(14)24)12-5-2-1-3-6-12/h1-7,9,11,20H,8,10H2. The van der Waals surface area contributed by atoms with Gasteiger partial charge >= 0.3 is 0 Å². The maximum atomic E-state index is 11.4. The van der Waals surface area contributed by atoms with Crippen molar-refractivity contribution >= 4 is 39.0 Å². The molecule has 0 bridgehead atoms. The molecule has 0 atom stereocenters. The lowest BCUT2D eigenvalue weighted by Gasteiger charge is -2.12. The molecule has 0 fully saturated rings. The highest BCUT2D eigenvalue weighted by Crippen LogP contribution is 2.25. The third-order valence-electron chi connectivity index (χ3n) is 3.82. The van der Waals surface area contributed by atoms with Gasteiger partial charge in [-0.1, -0.05) is 36.4 Å². The predicted molar refractivity (Wildman–Crippen MR) is 101 cm³/mol. The maximum Gasteiger partial charge on any atom is 0.249 e. The van der Waals surface area contributed by atoms with Crippen LogP contribution in [0.1, 0.15) is 6.42 Å². The first-order chi connectivity index (χ1) is 12.2. The molecule has 0 saturated carbocycles. The van der Waals surface area contributed by atoms with Gasteiger partial charge in [-0.3, -0.25) is 4.79 Å². The predicted octanol–water partition coefficient (Wildman–Crippen LogP) is 3.50. The second kappa shape index (κ2) is 6.60. The fourth-order valence-electron chi connectivity index (χ4n) is 2.64. The van der Waals surface area contributed by atoms with Gasteiger partial charge in [-0.05, 0) is 22.0 Å². The van der Waals surface area contributed by atoms with E-state index in [2.05, 4.69) is 36.3 Å². The summed E-state index contributed by atoms with van der Waals surface area (Å²) in [5.74, 6) is 0.662. The van der Waals surface area contributed by atoms with E-state index in [9.17, 15) is 4.79 Å². The number of amides is 1. The fraction of sp³-hybridized carbons (Fsp3) is 0.111. The van der Waals surface area contributed by atoms with E-state index in [1.54, 1.807) is 10.7 Å². The molecule has 7 heteroatoms. The minimum Gasteiger partial charge on any atom is -0.364 e. The molecule has 3 heterocycles. The number of halogens is 1. The number of dihydropyridines is 1. The van der Waals surface area contributed by atoms with E-state index in [1.165, 1.54) is 0 Å². The fourth-order valence-corrected chi connectivity index (χ4v) is 2.99. The summed E-state index contributed by atoms with van der Waals surface area (Å²) in [5.41, 5.74) is 3.29. The number of anilines is 1. The van der Waals surface area contributed by atoms with Gasteiger partial charge in [0.1, 0.15) is 5.82 Å². The number of fused-ring (bicyclic) bond motifs is 1. The van der Waals surface area contributed by atoms with Gasteiger partial charge in [0.05, 0.1) is 28.6 Å². The summed E-state index contributed by atoms with van der Waals surface area (Å²) in [6, 6.07) is 11.9. The number of carbonyl (C=O) groups excluding carboxylic acids is 1. The molecule has 3 aromatic rings. The number of aromatic nitrogens is 3. The summed E-state index contributed by atoms with van der Waals surface area (Å²) in [4.78, 5) is 20.2. The first kappa shape index (κ1) is 15.7. The number of hydrogen-bond acceptors (Lipinski definition) is 4. The number of nitrogens with zero attached hydrogens (tertiary/aromatic N) is 4. The van der Waals surface area contributed by atoms with Gasteiger partial charge in [0, 0.05) is 18.1 Å². The van der Waals surface area contributed by atoms with Crippen molar-refractivity contribution < 1.29 is 4.79 Å². The van der Waals surface area contributed by atoms with Crippen LogP contribution >= 0.6 is 15.9 Å². The smallest absolute Gasteiger partial charge is 0.249 e. The Kier molecular flexibility index (Phi) is 4.15. The average molecular weight is 396 g/mol. The molecule has 1 aliphatic rings. The monoisotopic (exact) mass is 395 g/mol. The van der Waals surface area contributed by atoms with Crippen LogP contribution < -0.4 is 5.32 Å². The molecule has 0 radical (unpaired) electrons. The van der Waals surface area contributed by atoms with Crippen molar-refractivity contribution in [3.8, 4) is 11.3 Å². The van der Waals surface area contributed by atoms with Crippen LogP contribution in [0.3, 0.4) is 0 Å². The largest absolute Gasteiger partial charge is 0.364 e. The second-order valence-corrected chi connectivity index (χ2v) is 6.43. The van der Waals surface area contributed by atoms with Crippen LogP contribution in [0.4, 0.5) is 5.82 Å². The zero-order valence-corrected chi connectivity index (χ0v) is 14.8. The van der Waals surface area contributed by atoms with Gasteiger partial charge in [0.25, 0.3) is 0 Å². The molecule has 4 rings (SSSR count). The molecule has 6 nitrogen and oxygen atoms in total. The number of benzene rings is 1. The molecular formula is C18H14BrN5O. The van der Waals surface area contributed by atoms with Crippen molar-refractivity contribution in [3.63, 3.8) is 0 Å². The van der Waals surface area contributed by atoms with Crippen molar-refractivity contribution in [1.82, 2.24) is 14.6 Å². The van der Waals surface area contributed by atoms with Crippen molar-refractivity contribution in [3.05, 3.63) is 59.2 Å². The van der Waals surface area contributed by atoms with E-state index in [4.69, 9.17) is 0 Å². The van der Waals surface area contributed by atoms with Crippen molar-refractivity contribution in [2.24, 2.45) is 4.99 Å². The van der Waals surface area contributed by atoms with Crippen LogP contribution in [0, 0.1) is 0 Å². The van der Waals surface area contributed by atoms with Crippen LogP contribution in [0.25, 0.3) is 16.9 Å². The zero-order chi connectivity index (χ0) is 17.2. The normalized spacial score (nSPS) is 14.0. The zero-order valence-electron chi connectivity index (χ0n) is 13.2. The minimum absolute atomic E-state index is 0.119. The average Bonchev–Trinajstić information content (AvgIpc) is 3.02. The van der Waals surface area contributed by atoms with Crippen molar-refractivity contribution in [2.75, 3.05) is 11.9 Å². The quantitative estimate of drug-likeness (QED) is 0.733. The summed E-state index contributed by atoms with van der Waals surface area (Å²) >= 11 is 3.49. The van der Waals surface area contributed by atoms with Crippen LogP contribution in [-0.2, 0) is 4.79 Å². The molecule has 0 saturated heterocycles. The molecule has 0 spiro atoms. The number of rotatable bonds is 4. The topological polar surface area (TPSA) is 71.7 Å². The molecule has 1 aromatic carbocycles. The lowest BCUT2D eigenvalue weighted by atomic mass is 10.1. The van der Waals surface area contributed by atoms with Crippen LogP contribution in [0.2, 0.25) is 0 Å². The van der Waals surface area contributed by atoms with Crippen LogP contribution in [0.15, 0.2) is 64.2 Å². The highest BCUT2D eigenvalue weighted by Gasteiger charge is 2.12. The van der Waals surface area contributed by atoms with Crippen molar-refractivity contribution in [2.45, 2.75) is 6.42 Å². The third kappa shape index (κ3) is 3.23. The van der Waals surface area contributed by atoms with E-state index in [0.29, 0.717) is 18.7 Å². The molecule has 1 N–H and O–H groups in total. The van der Waals surface area contributed by atoms with Gasteiger partial charge in [-0.25, -0.2) is 9.98 Å². The Bertz CT molecular complexity index is 1010. The molecular weight excluding hydrogens is 382 g/mol. The molecule has 25 heavy (non-hydrogen) atoms. The van der Waals surface area contributed by atoms with E-state index < -0.39 is 0 Å². The van der Waals surface area contributed by atoms with E-state index >= 15 is 0 Å². The Balaban J connectivity index is 1.72. The summed E-state index contributed by atoms with van der Waals surface area (Å²) in [6.45, 7) is 0.438.